The third-order valence-electron chi connectivity index (χ3n) is 5.31. The van der Waals surface area contributed by atoms with Crippen LogP contribution in [0, 0.1) is 5.92 Å². The largest absolute Gasteiger partial charge is 0.494 e. The maximum Gasteiger partial charge on any atom is 0.320 e. The molecular formula is C25H38O5. The van der Waals surface area contributed by atoms with Crippen LogP contribution in [0.3, 0.4) is 0 Å². The monoisotopic (exact) mass is 418 g/mol. The zero-order chi connectivity index (χ0) is 22.4. The molecule has 168 valence electrons. The van der Waals surface area contributed by atoms with Crippen molar-refractivity contribution in [3.63, 3.8) is 0 Å². The van der Waals surface area contributed by atoms with Gasteiger partial charge < -0.3 is 14.6 Å². The predicted molar refractivity (Wildman–Crippen MR) is 120 cm³/mol. The molecule has 5 nitrogen and oxygen atoms in total. The Morgan fingerprint density at radius 1 is 1.10 bits per heavy atom. The van der Waals surface area contributed by atoms with E-state index in [1.807, 2.05) is 31.2 Å². The molecule has 0 aliphatic rings. The summed E-state index contributed by atoms with van der Waals surface area (Å²) in [7, 11) is 0. The Hall–Kier alpha value is -2.30. The van der Waals surface area contributed by atoms with E-state index >= 15 is 0 Å². The highest BCUT2D eigenvalue weighted by molar-refractivity contribution is 5.94. The molecule has 5 heteroatoms. The number of benzene rings is 1. The van der Waals surface area contributed by atoms with Gasteiger partial charge >= 0.3 is 11.9 Å². The first kappa shape index (κ1) is 25.7. The highest BCUT2D eigenvalue weighted by Crippen LogP contribution is 2.30. The van der Waals surface area contributed by atoms with Gasteiger partial charge in [-0.3, -0.25) is 9.59 Å². The second kappa shape index (κ2) is 14.6. The summed E-state index contributed by atoms with van der Waals surface area (Å²) in [5.41, 5.74) is 0.966. The van der Waals surface area contributed by atoms with E-state index < -0.39 is 17.9 Å². The zero-order valence-corrected chi connectivity index (χ0v) is 18.8. The van der Waals surface area contributed by atoms with E-state index in [1.54, 1.807) is 13.0 Å². The third kappa shape index (κ3) is 9.47. The number of esters is 1. The number of allylic oxidation sites excluding steroid dienone is 1. The van der Waals surface area contributed by atoms with Gasteiger partial charge in [-0.2, -0.15) is 0 Å². The second-order valence-electron chi connectivity index (χ2n) is 7.84. The lowest BCUT2D eigenvalue weighted by molar-refractivity contribution is -0.162. The number of carboxylic acids is 1. The number of carboxylic acid groups (broad SMARTS) is 1. The van der Waals surface area contributed by atoms with Crippen LogP contribution in [0.1, 0.15) is 83.6 Å². The predicted octanol–water partition coefficient (Wildman–Crippen LogP) is 6.13. The van der Waals surface area contributed by atoms with E-state index in [0.717, 1.165) is 17.7 Å². The van der Waals surface area contributed by atoms with E-state index in [9.17, 15) is 14.7 Å². The molecule has 0 bridgehead atoms. The molecule has 1 N–H and O–H groups in total. The van der Waals surface area contributed by atoms with Gasteiger partial charge in [-0.15, -0.1) is 6.58 Å². The van der Waals surface area contributed by atoms with Crippen molar-refractivity contribution in [1.82, 2.24) is 0 Å². The van der Waals surface area contributed by atoms with Gasteiger partial charge in [-0.25, -0.2) is 0 Å². The standard InChI is InChI=1S/C25H38O5/c1-5-8-9-10-11-17-29-22-15-13-20(14-16-22)21(12-6-2)18-23(24(26)27)25(28)30-19(4)7-3/h6,13-16,19,21,23H,2,5,7-12,17-18H2,1,3-4H3,(H,26,27). The van der Waals surface area contributed by atoms with Crippen molar-refractivity contribution >= 4 is 11.9 Å². The van der Waals surface area contributed by atoms with Gasteiger partial charge in [0.2, 0.25) is 0 Å². The number of ether oxygens (including phenoxy) is 2. The van der Waals surface area contributed by atoms with E-state index in [-0.39, 0.29) is 18.4 Å². The molecule has 0 aliphatic carbocycles. The SMILES string of the molecule is C=CCC(CC(C(=O)O)C(=O)OC(C)CC)c1ccc(OCCCCCCC)cc1. The molecule has 0 aromatic heterocycles. The number of unbranched alkanes of at least 4 members (excludes halogenated alkanes) is 4. The summed E-state index contributed by atoms with van der Waals surface area (Å²) in [5.74, 6) is -2.34. The third-order valence-corrected chi connectivity index (χ3v) is 5.31. The molecule has 0 radical (unpaired) electrons. The minimum absolute atomic E-state index is 0.129. The normalized spacial score (nSPS) is 13.8. The first-order valence-electron chi connectivity index (χ1n) is 11.2. The molecule has 0 amide bonds. The summed E-state index contributed by atoms with van der Waals surface area (Å²) in [6.07, 6.45) is 8.82. The summed E-state index contributed by atoms with van der Waals surface area (Å²) in [6.45, 7) is 10.3. The molecule has 30 heavy (non-hydrogen) atoms. The molecular weight excluding hydrogens is 380 g/mol. The number of carbonyl (C=O) groups is 2. The van der Waals surface area contributed by atoms with Gasteiger partial charge in [0, 0.05) is 0 Å². The van der Waals surface area contributed by atoms with Gasteiger partial charge in [0.25, 0.3) is 0 Å². The Morgan fingerprint density at radius 2 is 1.77 bits per heavy atom. The van der Waals surface area contributed by atoms with Crippen molar-refractivity contribution in [3.05, 3.63) is 42.5 Å². The average Bonchev–Trinajstić information content (AvgIpc) is 2.73. The lowest BCUT2D eigenvalue weighted by atomic mass is 9.86. The molecule has 0 aliphatic heterocycles. The van der Waals surface area contributed by atoms with Crippen molar-refractivity contribution in [1.29, 1.82) is 0 Å². The molecule has 0 saturated carbocycles. The minimum Gasteiger partial charge on any atom is -0.494 e. The van der Waals surface area contributed by atoms with Crippen LogP contribution in [0.4, 0.5) is 0 Å². The van der Waals surface area contributed by atoms with Crippen molar-refractivity contribution in [2.75, 3.05) is 6.61 Å². The molecule has 0 fully saturated rings. The minimum atomic E-state index is -1.19. The molecule has 0 heterocycles. The maximum absolute atomic E-state index is 12.3. The van der Waals surface area contributed by atoms with E-state index in [4.69, 9.17) is 9.47 Å². The number of hydrogen-bond acceptors (Lipinski definition) is 4. The summed E-state index contributed by atoms with van der Waals surface area (Å²) in [5, 5.41) is 9.57. The number of carbonyl (C=O) groups excluding carboxylic acids is 1. The second-order valence-corrected chi connectivity index (χ2v) is 7.84. The first-order chi connectivity index (χ1) is 14.4. The molecule has 1 aromatic rings. The lowest BCUT2D eigenvalue weighted by Crippen LogP contribution is -2.30. The summed E-state index contributed by atoms with van der Waals surface area (Å²) in [6, 6.07) is 7.70. The van der Waals surface area contributed by atoms with E-state index in [1.165, 1.54) is 25.7 Å². The quantitative estimate of drug-likeness (QED) is 0.151. The van der Waals surface area contributed by atoms with Gasteiger partial charge in [-0.1, -0.05) is 57.7 Å². The Bertz CT molecular complexity index is 637. The van der Waals surface area contributed by atoms with Crippen LogP contribution < -0.4 is 4.74 Å². The average molecular weight is 419 g/mol. The van der Waals surface area contributed by atoms with Crippen LogP contribution in [0.25, 0.3) is 0 Å². The zero-order valence-electron chi connectivity index (χ0n) is 18.8. The molecule has 1 aromatic carbocycles. The van der Waals surface area contributed by atoms with Crippen LogP contribution in [-0.4, -0.2) is 29.8 Å². The van der Waals surface area contributed by atoms with Crippen LogP contribution in [0.15, 0.2) is 36.9 Å². The first-order valence-corrected chi connectivity index (χ1v) is 11.2. The van der Waals surface area contributed by atoms with Crippen molar-refractivity contribution in [2.45, 2.75) is 84.2 Å². The Balaban J connectivity index is 2.72. The molecule has 3 unspecified atom stereocenters. The van der Waals surface area contributed by atoms with Crippen LogP contribution in [0.5, 0.6) is 5.75 Å². The number of hydrogen-bond donors (Lipinski definition) is 1. The topological polar surface area (TPSA) is 72.8 Å². The summed E-state index contributed by atoms with van der Waals surface area (Å²) in [4.78, 5) is 24.0. The van der Waals surface area contributed by atoms with Crippen LogP contribution in [0.2, 0.25) is 0 Å². The molecule has 0 saturated heterocycles. The fraction of sp³-hybridized carbons (Fsp3) is 0.600. The fourth-order valence-electron chi connectivity index (χ4n) is 3.25. The highest BCUT2D eigenvalue weighted by atomic mass is 16.5. The van der Waals surface area contributed by atoms with Crippen molar-refractivity contribution in [2.24, 2.45) is 5.92 Å². The van der Waals surface area contributed by atoms with Crippen molar-refractivity contribution in [3.8, 4) is 5.75 Å². The number of rotatable bonds is 16. The Morgan fingerprint density at radius 3 is 2.33 bits per heavy atom. The fourth-order valence-corrected chi connectivity index (χ4v) is 3.25. The highest BCUT2D eigenvalue weighted by Gasteiger charge is 2.32. The van der Waals surface area contributed by atoms with Crippen molar-refractivity contribution < 1.29 is 24.2 Å². The smallest absolute Gasteiger partial charge is 0.320 e. The van der Waals surface area contributed by atoms with Crippen LogP contribution >= 0.6 is 0 Å². The maximum atomic E-state index is 12.3. The van der Waals surface area contributed by atoms with Crippen LogP contribution in [-0.2, 0) is 14.3 Å². The van der Waals surface area contributed by atoms with Gasteiger partial charge in [0.05, 0.1) is 12.7 Å². The molecule has 1 rings (SSSR count). The van der Waals surface area contributed by atoms with E-state index in [0.29, 0.717) is 19.4 Å². The Kier molecular flexibility index (Phi) is 12.6. The Labute approximate surface area is 181 Å². The summed E-state index contributed by atoms with van der Waals surface area (Å²) >= 11 is 0. The number of aliphatic carboxylic acids is 1. The molecule has 0 spiro atoms. The van der Waals surface area contributed by atoms with Gasteiger partial charge in [0.15, 0.2) is 5.92 Å². The summed E-state index contributed by atoms with van der Waals surface area (Å²) < 4.78 is 11.1. The lowest BCUT2D eigenvalue weighted by Gasteiger charge is -2.21. The van der Waals surface area contributed by atoms with E-state index in [2.05, 4.69) is 13.5 Å². The van der Waals surface area contributed by atoms with Gasteiger partial charge in [-0.05, 0) is 56.2 Å². The van der Waals surface area contributed by atoms with Gasteiger partial charge in [0.1, 0.15) is 5.75 Å². The molecule has 3 atom stereocenters.